The molecule has 1 aromatic carbocycles. The highest BCUT2D eigenvalue weighted by atomic mass is 16.3. The van der Waals surface area contributed by atoms with E-state index in [2.05, 4.69) is 5.32 Å². The first-order valence-corrected chi connectivity index (χ1v) is 7.67. The van der Waals surface area contributed by atoms with Gasteiger partial charge in [-0.15, -0.1) is 0 Å². The minimum atomic E-state index is -0.530. The van der Waals surface area contributed by atoms with Gasteiger partial charge < -0.3 is 10.4 Å². The lowest BCUT2D eigenvalue weighted by atomic mass is 9.99. The van der Waals surface area contributed by atoms with Crippen molar-refractivity contribution in [3.05, 3.63) is 35.9 Å². The van der Waals surface area contributed by atoms with Gasteiger partial charge in [0, 0.05) is 24.9 Å². The first-order valence-electron chi connectivity index (χ1n) is 7.67. The van der Waals surface area contributed by atoms with Gasteiger partial charge in [0.25, 0.3) is 0 Å². The molecule has 110 valence electrons. The number of nitrogens with one attached hydrogen (secondary N) is 1. The lowest BCUT2D eigenvalue weighted by molar-refractivity contribution is -0.122. The number of rotatable bonds is 7. The highest BCUT2D eigenvalue weighted by molar-refractivity contribution is 5.81. The van der Waals surface area contributed by atoms with Crippen molar-refractivity contribution in [1.29, 1.82) is 0 Å². The van der Waals surface area contributed by atoms with Crippen LogP contribution < -0.4 is 5.32 Å². The van der Waals surface area contributed by atoms with Crippen LogP contribution >= 0.6 is 0 Å². The number of carbonyl (C=O) groups is 1. The molecule has 0 bridgehead atoms. The van der Waals surface area contributed by atoms with Gasteiger partial charge in [-0.1, -0.05) is 43.2 Å². The molecule has 2 N–H and O–H groups in total. The average Bonchev–Trinajstić information content (AvgIpc) is 3.01. The predicted octanol–water partition coefficient (Wildman–Crippen LogP) is 2.85. The minimum Gasteiger partial charge on any atom is -0.387 e. The number of benzene rings is 1. The van der Waals surface area contributed by atoms with Crippen LogP contribution in [-0.4, -0.2) is 23.5 Å². The number of aliphatic hydroxyl groups is 1. The maximum Gasteiger partial charge on any atom is 0.137 e. The highest BCUT2D eigenvalue weighted by Gasteiger charge is 2.22. The van der Waals surface area contributed by atoms with E-state index in [9.17, 15) is 9.90 Å². The van der Waals surface area contributed by atoms with E-state index in [0.717, 1.165) is 18.4 Å². The van der Waals surface area contributed by atoms with E-state index < -0.39 is 6.10 Å². The van der Waals surface area contributed by atoms with Gasteiger partial charge >= 0.3 is 0 Å². The lowest BCUT2D eigenvalue weighted by Crippen LogP contribution is -2.34. The zero-order chi connectivity index (χ0) is 14.4. The van der Waals surface area contributed by atoms with Gasteiger partial charge in [-0.2, -0.15) is 0 Å². The third kappa shape index (κ3) is 4.15. The second kappa shape index (κ2) is 7.55. The van der Waals surface area contributed by atoms with Crippen molar-refractivity contribution in [1.82, 2.24) is 5.32 Å². The van der Waals surface area contributed by atoms with Gasteiger partial charge in [-0.3, -0.25) is 4.79 Å². The SMILES string of the molecule is CC(NCCC(=O)C1CCCC1)C(O)c1ccccc1. The molecule has 3 nitrogen and oxygen atoms in total. The summed E-state index contributed by atoms with van der Waals surface area (Å²) in [7, 11) is 0. The van der Waals surface area contributed by atoms with Crippen LogP contribution in [-0.2, 0) is 4.79 Å². The van der Waals surface area contributed by atoms with E-state index in [1.807, 2.05) is 37.3 Å². The Labute approximate surface area is 121 Å². The summed E-state index contributed by atoms with van der Waals surface area (Å²) in [5.74, 6) is 0.683. The second-order valence-corrected chi connectivity index (χ2v) is 5.80. The molecular weight excluding hydrogens is 250 g/mol. The van der Waals surface area contributed by atoms with Crippen LogP contribution in [0.4, 0.5) is 0 Å². The third-order valence-corrected chi connectivity index (χ3v) is 4.26. The molecule has 0 aliphatic heterocycles. The minimum absolute atomic E-state index is 0.0474. The van der Waals surface area contributed by atoms with Crippen LogP contribution in [0.15, 0.2) is 30.3 Å². The Morgan fingerprint density at radius 1 is 1.30 bits per heavy atom. The number of aliphatic hydroxyl groups excluding tert-OH is 1. The molecule has 0 heterocycles. The number of ketones is 1. The van der Waals surface area contributed by atoms with Crippen LogP contribution in [0.2, 0.25) is 0 Å². The molecule has 0 aromatic heterocycles. The van der Waals surface area contributed by atoms with Crippen LogP contribution in [0.25, 0.3) is 0 Å². The number of carbonyl (C=O) groups excluding carboxylic acids is 1. The van der Waals surface area contributed by atoms with E-state index >= 15 is 0 Å². The molecule has 2 atom stereocenters. The maximum atomic E-state index is 12.0. The van der Waals surface area contributed by atoms with Gasteiger partial charge in [0.2, 0.25) is 0 Å². The Hall–Kier alpha value is -1.19. The average molecular weight is 275 g/mol. The third-order valence-electron chi connectivity index (χ3n) is 4.26. The normalized spacial score (nSPS) is 18.9. The standard InChI is InChI=1S/C17H25NO2/c1-13(17(20)15-9-3-2-4-10-15)18-12-11-16(19)14-7-5-6-8-14/h2-4,9-10,13-14,17-18,20H,5-8,11-12H2,1H3. The van der Waals surface area contributed by atoms with Gasteiger partial charge in [0.15, 0.2) is 0 Å². The van der Waals surface area contributed by atoms with E-state index in [1.165, 1.54) is 12.8 Å². The molecule has 0 amide bonds. The molecule has 0 radical (unpaired) electrons. The van der Waals surface area contributed by atoms with Crippen LogP contribution in [0.3, 0.4) is 0 Å². The summed E-state index contributed by atoms with van der Waals surface area (Å²) in [6.07, 6.45) is 4.59. The molecule has 20 heavy (non-hydrogen) atoms. The summed E-state index contributed by atoms with van der Waals surface area (Å²) in [6, 6.07) is 9.59. The second-order valence-electron chi connectivity index (χ2n) is 5.80. The van der Waals surface area contributed by atoms with Crippen molar-refractivity contribution >= 4 is 5.78 Å². The fraction of sp³-hybridized carbons (Fsp3) is 0.588. The monoisotopic (exact) mass is 275 g/mol. The molecule has 0 spiro atoms. The van der Waals surface area contributed by atoms with Crippen molar-refractivity contribution in [2.24, 2.45) is 5.92 Å². The molecule has 3 heteroatoms. The highest BCUT2D eigenvalue weighted by Crippen LogP contribution is 2.26. The predicted molar refractivity (Wildman–Crippen MR) is 80.4 cm³/mol. The summed E-state index contributed by atoms with van der Waals surface area (Å²) >= 11 is 0. The Kier molecular flexibility index (Phi) is 5.74. The lowest BCUT2D eigenvalue weighted by Gasteiger charge is -2.20. The molecule has 1 aromatic rings. The first kappa shape index (κ1) is 15.2. The molecular formula is C17H25NO2. The van der Waals surface area contributed by atoms with Crippen molar-refractivity contribution < 1.29 is 9.90 Å². The summed E-state index contributed by atoms with van der Waals surface area (Å²) in [5.41, 5.74) is 0.912. The van der Waals surface area contributed by atoms with E-state index in [1.54, 1.807) is 0 Å². The fourth-order valence-electron chi connectivity index (χ4n) is 2.93. The summed E-state index contributed by atoms with van der Waals surface area (Å²) in [5, 5.41) is 13.5. The summed E-state index contributed by atoms with van der Waals surface area (Å²) < 4.78 is 0. The van der Waals surface area contributed by atoms with Gasteiger partial charge in [0.1, 0.15) is 5.78 Å². The largest absolute Gasteiger partial charge is 0.387 e. The molecule has 0 saturated heterocycles. The fourth-order valence-corrected chi connectivity index (χ4v) is 2.93. The molecule has 1 saturated carbocycles. The molecule has 2 unspecified atom stereocenters. The van der Waals surface area contributed by atoms with Crippen LogP contribution in [0.5, 0.6) is 0 Å². The quantitative estimate of drug-likeness (QED) is 0.804. The smallest absolute Gasteiger partial charge is 0.137 e. The molecule has 1 aliphatic rings. The molecule has 1 aliphatic carbocycles. The number of hydrogen-bond acceptors (Lipinski definition) is 3. The van der Waals surface area contributed by atoms with Crippen LogP contribution in [0, 0.1) is 5.92 Å². The van der Waals surface area contributed by atoms with Crippen molar-refractivity contribution in [2.45, 2.75) is 51.2 Å². The van der Waals surface area contributed by atoms with E-state index in [4.69, 9.17) is 0 Å². The van der Waals surface area contributed by atoms with Crippen molar-refractivity contribution in [3.8, 4) is 0 Å². The number of Topliss-reactive ketones (excluding diaryl/α,β-unsaturated/α-hetero) is 1. The Morgan fingerprint density at radius 3 is 2.60 bits per heavy atom. The topological polar surface area (TPSA) is 49.3 Å². The van der Waals surface area contributed by atoms with Crippen molar-refractivity contribution in [3.63, 3.8) is 0 Å². The van der Waals surface area contributed by atoms with E-state index in [0.29, 0.717) is 24.7 Å². The first-order chi connectivity index (χ1) is 9.68. The van der Waals surface area contributed by atoms with Gasteiger partial charge in [0.05, 0.1) is 6.10 Å². The Morgan fingerprint density at radius 2 is 1.95 bits per heavy atom. The van der Waals surface area contributed by atoms with Crippen molar-refractivity contribution in [2.75, 3.05) is 6.54 Å². The van der Waals surface area contributed by atoms with Gasteiger partial charge in [-0.25, -0.2) is 0 Å². The zero-order valence-corrected chi connectivity index (χ0v) is 12.2. The van der Waals surface area contributed by atoms with E-state index in [-0.39, 0.29) is 6.04 Å². The Bertz CT molecular complexity index is 412. The number of hydrogen-bond donors (Lipinski definition) is 2. The van der Waals surface area contributed by atoms with Crippen LogP contribution in [0.1, 0.15) is 50.7 Å². The van der Waals surface area contributed by atoms with Gasteiger partial charge in [-0.05, 0) is 25.3 Å². The summed E-state index contributed by atoms with van der Waals surface area (Å²) in [4.78, 5) is 12.0. The maximum absolute atomic E-state index is 12.0. The summed E-state index contributed by atoms with van der Waals surface area (Å²) in [6.45, 7) is 2.61. The molecule has 1 fully saturated rings. The molecule has 2 rings (SSSR count). The Balaban J connectivity index is 1.72. The zero-order valence-electron chi connectivity index (χ0n) is 12.2.